The van der Waals surface area contributed by atoms with Crippen LogP contribution in [0.15, 0.2) is 53.3 Å². The van der Waals surface area contributed by atoms with Crippen molar-refractivity contribution in [2.45, 2.75) is 13.3 Å². The van der Waals surface area contributed by atoms with Crippen LogP contribution >= 0.6 is 0 Å². The van der Waals surface area contributed by atoms with E-state index in [1.807, 2.05) is 24.3 Å². The van der Waals surface area contributed by atoms with E-state index >= 15 is 0 Å². The van der Waals surface area contributed by atoms with Crippen molar-refractivity contribution in [3.63, 3.8) is 0 Å². The lowest BCUT2D eigenvalue weighted by Gasteiger charge is -2.09. The van der Waals surface area contributed by atoms with Gasteiger partial charge in [0, 0.05) is 18.1 Å². The molecule has 1 aromatic heterocycles. The highest BCUT2D eigenvalue weighted by Gasteiger charge is 2.15. The highest BCUT2D eigenvalue weighted by molar-refractivity contribution is 6.11. The smallest absolute Gasteiger partial charge is 0.276 e. The van der Waals surface area contributed by atoms with Gasteiger partial charge in [0.25, 0.3) is 11.5 Å². The maximum Gasteiger partial charge on any atom is 0.276 e. The molecule has 3 aromatic rings. The van der Waals surface area contributed by atoms with Gasteiger partial charge in [0.05, 0.1) is 5.39 Å². The summed E-state index contributed by atoms with van der Waals surface area (Å²) >= 11 is 0. The number of amides is 1. The number of anilines is 1. The van der Waals surface area contributed by atoms with Crippen LogP contribution in [0.5, 0.6) is 0 Å². The Bertz CT molecular complexity index is 944. The standard InChI is InChI=1S/C18H17N3O2/c1-3-12-7-6-8-13(11-12)19-17(22)16-14-9-4-5-10-15(14)18(23)21(2)20-16/h4-11H,3H2,1-2H3,(H,19,22). The fourth-order valence-corrected chi connectivity index (χ4v) is 2.53. The van der Waals surface area contributed by atoms with Gasteiger partial charge in [-0.1, -0.05) is 37.3 Å². The molecule has 5 nitrogen and oxygen atoms in total. The van der Waals surface area contributed by atoms with Gasteiger partial charge in [0.2, 0.25) is 0 Å². The monoisotopic (exact) mass is 307 g/mol. The molecule has 0 atom stereocenters. The van der Waals surface area contributed by atoms with Gasteiger partial charge in [-0.3, -0.25) is 9.59 Å². The third kappa shape index (κ3) is 2.85. The molecule has 0 saturated heterocycles. The number of nitrogens with zero attached hydrogens (tertiary/aromatic N) is 2. The summed E-state index contributed by atoms with van der Waals surface area (Å²) in [6.07, 6.45) is 0.894. The Hall–Kier alpha value is -2.95. The number of fused-ring (bicyclic) bond motifs is 1. The third-order valence-corrected chi connectivity index (χ3v) is 3.76. The molecule has 116 valence electrons. The summed E-state index contributed by atoms with van der Waals surface area (Å²) in [5, 5.41) is 8.03. The Labute approximate surface area is 133 Å². The number of rotatable bonds is 3. The van der Waals surface area contributed by atoms with E-state index in [4.69, 9.17) is 0 Å². The molecule has 2 aromatic carbocycles. The average Bonchev–Trinajstić information content (AvgIpc) is 2.58. The Morgan fingerprint density at radius 2 is 1.87 bits per heavy atom. The van der Waals surface area contributed by atoms with Crippen molar-refractivity contribution >= 4 is 22.4 Å². The Balaban J connectivity index is 2.04. The highest BCUT2D eigenvalue weighted by atomic mass is 16.2. The van der Waals surface area contributed by atoms with Crippen molar-refractivity contribution < 1.29 is 4.79 Å². The largest absolute Gasteiger partial charge is 0.321 e. The van der Waals surface area contributed by atoms with E-state index in [2.05, 4.69) is 17.3 Å². The lowest BCUT2D eigenvalue weighted by Crippen LogP contribution is -2.25. The van der Waals surface area contributed by atoms with Crippen molar-refractivity contribution in [3.8, 4) is 0 Å². The highest BCUT2D eigenvalue weighted by Crippen LogP contribution is 2.16. The fourth-order valence-electron chi connectivity index (χ4n) is 2.53. The van der Waals surface area contributed by atoms with Crippen LogP contribution in [0.3, 0.4) is 0 Å². The summed E-state index contributed by atoms with van der Waals surface area (Å²) in [5.74, 6) is -0.329. The minimum Gasteiger partial charge on any atom is -0.321 e. The molecule has 0 aliphatic carbocycles. The number of aromatic nitrogens is 2. The fraction of sp³-hybridized carbons (Fsp3) is 0.167. The lowest BCUT2D eigenvalue weighted by atomic mass is 10.1. The zero-order chi connectivity index (χ0) is 16.4. The molecule has 23 heavy (non-hydrogen) atoms. The van der Waals surface area contributed by atoms with E-state index in [1.54, 1.807) is 31.3 Å². The summed E-state index contributed by atoms with van der Waals surface area (Å²) in [7, 11) is 1.54. The van der Waals surface area contributed by atoms with Gasteiger partial charge in [-0.15, -0.1) is 0 Å². The molecule has 0 fully saturated rings. The molecule has 0 unspecified atom stereocenters. The first kappa shape index (κ1) is 15.0. The maximum absolute atomic E-state index is 12.6. The van der Waals surface area contributed by atoms with Crippen LogP contribution in [0.1, 0.15) is 23.0 Å². The van der Waals surface area contributed by atoms with Gasteiger partial charge in [-0.05, 0) is 30.2 Å². The first-order valence-electron chi connectivity index (χ1n) is 7.46. The Morgan fingerprint density at radius 3 is 2.61 bits per heavy atom. The van der Waals surface area contributed by atoms with E-state index in [-0.39, 0.29) is 17.2 Å². The Kier molecular flexibility index (Phi) is 3.93. The molecule has 0 spiro atoms. The number of hydrogen-bond donors (Lipinski definition) is 1. The topological polar surface area (TPSA) is 64.0 Å². The molecule has 3 rings (SSSR count). The molecule has 0 bridgehead atoms. The molecule has 1 heterocycles. The number of carbonyl (C=O) groups is 1. The molecule has 0 aliphatic rings. The quantitative estimate of drug-likeness (QED) is 0.809. The van der Waals surface area contributed by atoms with Crippen LogP contribution in [-0.4, -0.2) is 15.7 Å². The molecule has 0 saturated carbocycles. The van der Waals surface area contributed by atoms with Crippen molar-refractivity contribution in [2.24, 2.45) is 7.05 Å². The van der Waals surface area contributed by atoms with Crippen LogP contribution in [-0.2, 0) is 13.5 Å². The molecule has 1 N–H and O–H groups in total. The number of benzene rings is 2. The van der Waals surface area contributed by atoms with E-state index in [0.29, 0.717) is 16.5 Å². The van der Waals surface area contributed by atoms with Gasteiger partial charge in [0.15, 0.2) is 5.69 Å². The molecular formula is C18H17N3O2. The minimum atomic E-state index is -0.329. The van der Waals surface area contributed by atoms with Gasteiger partial charge in [-0.25, -0.2) is 4.68 Å². The molecule has 0 aliphatic heterocycles. The molecule has 0 radical (unpaired) electrons. The second-order valence-electron chi connectivity index (χ2n) is 5.33. The summed E-state index contributed by atoms with van der Waals surface area (Å²) in [6.45, 7) is 2.06. The van der Waals surface area contributed by atoms with E-state index < -0.39 is 0 Å². The predicted octanol–water partition coefficient (Wildman–Crippen LogP) is 2.75. The van der Waals surface area contributed by atoms with Crippen LogP contribution < -0.4 is 10.9 Å². The molecule has 1 amide bonds. The molecule has 5 heteroatoms. The van der Waals surface area contributed by atoms with Gasteiger partial charge < -0.3 is 5.32 Å². The van der Waals surface area contributed by atoms with Crippen LogP contribution in [0, 0.1) is 0 Å². The number of nitrogens with one attached hydrogen (secondary N) is 1. The van der Waals surface area contributed by atoms with Crippen LogP contribution in [0.25, 0.3) is 10.8 Å². The van der Waals surface area contributed by atoms with E-state index in [0.717, 1.165) is 12.0 Å². The van der Waals surface area contributed by atoms with E-state index in [1.165, 1.54) is 4.68 Å². The van der Waals surface area contributed by atoms with Crippen molar-refractivity contribution in [1.82, 2.24) is 9.78 Å². The maximum atomic E-state index is 12.6. The van der Waals surface area contributed by atoms with Crippen molar-refractivity contribution in [3.05, 3.63) is 70.1 Å². The van der Waals surface area contributed by atoms with Crippen molar-refractivity contribution in [2.75, 3.05) is 5.32 Å². The summed E-state index contributed by atoms with van der Waals surface area (Å²) in [4.78, 5) is 24.7. The second kappa shape index (κ2) is 6.04. The summed E-state index contributed by atoms with van der Waals surface area (Å²) < 4.78 is 1.19. The first-order valence-corrected chi connectivity index (χ1v) is 7.46. The average molecular weight is 307 g/mol. The number of aryl methyl sites for hydroxylation is 2. The van der Waals surface area contributed by atoms with Crippen LogP contribution in [0.2, 0.25) is 0 Å². The van der Waals surface area contributed by atoms with Gasteiger partial charge in [-0.2, -0.15) is 5.10 Å². The minimum absolute atomic E-state index is 0.217. The van der Waals surface area contributed by atoms with E-state index in [9.17, 15) is 9.59 Å². The zero-order valence-corrected chi connectivity index (χ0v) is 13.0. The predicted molar refractivity (Wildman–Crippen MR) is 90.8 cm³/mol. The van der Waals surface area contributed by atoms with Gasteiger partial charge in [0.1, 0.15) is 0 Å². The Morgan fingerprint density at radius 1 is 1.13 bits per heavy atom. The number of carbonyl (C=O) groups excluding carboxylic acids is 1. The second-order valence-corrected chi connectivity index (χ2v) is 5.33. The number of hydrogen-bond acceptors (Lipinski definition) is 3. The summed E-state index contributed by atoms with van der Waals surface area (Å²) in [6, 6.07) is 14.7. The lowest BCUT2D eigenvalue weighted by molar-refractivity contribution is 0.102. The van der Waals surface area contributed by atoms with Gasteiger partial charge >= 0.3 is 0 Å². The molecular weight excluding hydrogens is 290 g/mol. The SMILES string of the molecule is CCc1cccc(NC(=O)c2nn(C)c(=O)c3ccccc23)c1. The third-order valence-electron chi connectivity index (χ3n) is 3.76. The van der Waals surface area contributed by atoms with Crippen LogP contribution in [0.4, 0.5) is 5.69 Å². The normalized spacial score (nSPS) is 10.7. The summed E-state index contributed by atoms with van der Waals surface area (Å²) in [5.41, 5.74) is 1.88. The first-order chi connectivity index (χ1) is 11.1. The zero-order valence-electron chi connectivity index (χ0n) is 13.0. The van der Waals surface area contributed by atoms with Crippen molar-refractivity contribution in [1.29, 1.82) is 0 Å².